The first kappa shape index (κ1) is 38.5. The Morgan fingerprint density at radius 3 is 0.727 bits per heavy atom. The molecule has 0 aromatic rings. The van der Waals surface area contributed by atoms with E-state index in [2.05, 4.69) is 36.3 Å². The molecule has 33 heavy (non-hydrogen) atoms. The zero-order valence-corrected chi connectivity index (χ0v) is 25.3. The van der Waals surface area contributed by atoms with Crippen LogP contribution in [0.25, 0.3) is 0 Å². The minimum absolute atomic E-state index is 0. The van der Waals surface area contributed by atoms with Crippen LogP contribution < -0.4 is 56.6 Å². The van der Waals surface area contributed by atoms with Gasteiger partial charge in [-0.1, -0.05) is 19.6 Å². The van der Waals surface area contributed by atoms with E-state index in [4.69, 9.17) is 33.5 Å². The van der Waals surface area contributed by atoms with E-state index in [-0.39, 0.29) is 56.6 Å². The fraction of sp³-hybridized carbons (Fsp3) is 0.750. The van der Waals surface area contributed by atoms with Crippen LogP contribution in [0.3, 0.4) is 0 Å². The molecule has 0 aromatic heterocycles. The molecule has 0 aromatic carbocycles. The summed E-state index contributed by atoms with van der Waals surface area (Å²) in [6, 6.07) is 0. The molecule has 0 radical (unpaired) electrons. The molecule has 4 aliphatic rings. The molecule has 9 heteroatoms. The van der Waals surface area contributed by atoms with E-state index in [9.17, 15) is 0 Å². The summed E-state index contributed by atoms with van der Waals surface area (Å²) in [4.78, 5) is 0. The smallest absolute Gasteiger partial charge is 0.701 e. The monoisotopic (exact) mass is 480 g/mol. The first-order valence-electron chi connectivity index (χ1n) is 11.4. The fourth-order valence-corrected chi connectivity index (χ4v) is 32.2. The molecule has 0 atom stereocenters. The average molecular weight is 481 g/mol. The van der Waals surface area contributed by atoms with Gasteiger partial charge in [0.05, 0.1) is 24.2 Å². The molecule has 4 heterocycles. The van der Waals surface area contributed by atoms with Gasteiger partial charge in [0.2, 0.25) is 0 Å². The summed E-state index contributed by atoms with van der Waals surface area (Å²) in [5, 5.41) is 0. The van der Waals surface area contributed by atoms with Crippen molar-refractivity contribution < 1.29 is 70.8 Å². The molecular formula is C24H39Li3O3Si3. The van der Waals surface area contributed by atoms with Crippen LogP contribution in [0.4, 0.5) is 0 Å². The summed E-state index contributed by atoms with van der Waals surface area (Å²) in [7, 11) is -5.24. The molecule has 0 saturated carbocycles. The zero-order valence-electron chi connectivity index (χ0n) is 22.3. The van der Waals surface area contributed by atoms with Gasteiger partial charge in [0.1, 0.15) is 0 Å². The summed E-state index contributed by atoms with van der Waals surface area (Å²) in [6.45, 7) is 12.5. The minimum atomic E-state index is -1.75. The van der Waals surface area contributed by atoms with Gasteiger partial charge in [0, 0.05) is 39.6 Å². The van der Waals surface area contributed by atoms with Gasteiger partial charge in [0.15, 0.2) is 0 Å². The van der Waals surface area contributed by atoms with Crippen LogP contribution in [0.1, 0.15) is 38.5 Å². The second-order valence-corrected chi connectivity index (χ2v) is 23.9. The van der Waals surface area contributed by atoms with Crippen molar-refractivity contribution in [2.45, 2.75) is 75.2 Å². The third-order valence-corrected chi connectivity index (χ3v) is 26.3. The Balaban J connectivity index is -0.000000411. The van der Waals surface area contributed by atoms with Gasteiger partial charge in [-0.3, -0.25) is 0 Å². The molecule has 3 nitrogen and oxygen atoms in total. The van der Waals surface area contributed by atoms with Crippen LogP contribution in [0, 0.1) is 35.9 Å². The molecule has 168 valence electrons. The topological polar surface area (TPSA) is 27.7 Å². The van der Waals surface area contributed by atoms with Gasteiger partial charge < -0.3 is 50.1 Å². The normalized spacial score (nSPS) is 31.3. The van der Waals surface area contributed by atoms with E-state index in [0.717, 1.165) is 56.6 Å². The minimum Gasteiger partial charge on any atom is -0.701 e. The van der Waals surface area contributed by atoms with Crippen LogP contribution in [-0.2, 0) is 14.2 Å². The average Bonchev–Trinajstić information content (AvgIpc) is 3.53. The summed E-state index contributed by atoms with van der Waals surface area (Å²) in [5.74, 6) is 0. The van der Waals surface area contributed by atoms with Crippen molar-refractivity contribution in [3.8, 4) is 16.6 Å². The number of hydrogen-bond donors (Lipinski definition) is 0. The van der Waals surface area contributed by atoms with Gasteiger partial charge in [0.25, 0.3) is 0 Å². The van der Waals surface area contributed by atoms with E-state index < -0.39 is 24.2 Å². The van der Waals surface area contributed by atoms with Gasteiger partial charge in [-0.15, -0.1) is 0 Å². The van der Waals surface area contributed by atoms with Crippen LogP contribution in [-0.4, -0.2) is 63.9 Å². The van der Waals surface area contributed by atoms with Gasteiger partial charge >= 0.3 is 56.6 Å². The molecule has 0 unspecified atom stereocenters. The molecule has 0 aliphatic carbocycles. The quantitative estimate of drug-likeness (QED) is 0.199. The first-order valence-corrected chi connectivity index (χ1v) is 20.1. The van der Waals surface area contributed by atoms with Crippen LogP contribution in [0.15, 0.2) is 0 Å². The number of ether oxygens (including phenoxy) is 3. The van der Waals surface area contributed by atoms with E-state index in [1.165, 1.54) is 38.5 Å². The maximum atomic E-state index is 7.48. The second kappa shape index (κ2) is 21.1. The Kier molecular flexibility index (Phi) is 24.7. The van der Waals surface area contributed by atoms with Crippen LogP contribution >= 0.6 is 0 Å². The SMILES string of the molecule is C1CCOC1.C1CCOC1.C1CCOC1.[C-]#C[Si]1(C)C[Si](C)(C#[C-])C[Si](C)(C#[C-])C1.[Li+].[Li+].[Li+]. The van der Waals surface area contributed by atoms with Crippen molar-refractivity contribution in [1.29, 1.82) is 0 Å². The maximum absolute atomic E-state index is 7.48. The Morgan fingerprint density at radius 1 is 0.455 bits per heavy atom. The zero-order chi connectivity index (χ0) is 22.3. The van der Waals surface area contributed by atoms with E-state index in [0.29, 0.717) is 0 Å². The molecule has 0 spiro atoms. The van der Waals surface area contributed by atoms with Crippen molar-refractivity contribution in [1.82, 2.24) is 0 Å². The summed E-state index contributed by atoms with van der Waals surface area (Å²) >= 11 is 0. The first-order chi connectivity index (χ1) is 14.3. The predicted molar refractivity (Wildman–Crippen MR) is 131 cm³/mol. The van der Waals surface area contributed by atoms with Crippen molar-refractivity contribution in [3.63, 3.8) is 0 Å². The Hall–Kier alpha value is 1.00. The molecule has 0 amide bonds. The molecule has 0 N–H and O–H groups in total. The van der Waals surface area contributed by atoms with Crippen LogP contribution in [0.5, 0.6) is 0 Å². The molecular weight excluding hydrogens is 441 g/mol. The third-order valence-electron chi connectivity index (χ3n) is 5.73. The Bertz CT molecular complexity index is 503. The molecule has 4 rings (SSSR count). The summed E-state index contributed by atoms with van der Waals surface area (Å²) in [6.07, 6.45) is 30.1. The predicted octanol–water partition coefficient (Wildman–Crippen LogP) is -4.36. The largest absolute Gasteiger partial charge is 1.00 e. The van der Waals surface area contributed by atoms with E-state index in [1.807, 2.05) is 0 Å². The summed E-state index contributed by atoms with van der Waals surface area (Å²) in [5.41, 5.74) is 11.4. The number of hydrogen-bond acceptors (Lipinski definition) is 3. The Morgan fingerprint density at radius 2 is 0.636 bits per heavy atom. The fourth-order valence-electron chi connectivity index (χ4n) is 4.57. The maximum Gasteiger partial charge on any atom is 1.00 e. The van der Waals surface area contributed by atoms with Crippen molar-refractivity contribution in [3.05, 3.63) is 19.3 Å². The van der Waals surface area contributed by atoms with Gasteiger partial charge in [-0.05, 0) is 55.5 Å². The molecule has 4 fully saturated rings. The molecule has 4 saturated heterocycles. The second-order valence-electron chi connectivity index (χ2n) is 9.55. The molecule has 0 bridgehead atoms. The van der Waals surface area contributed by atoms with Gasteiger partial charge in [-0.2, -0.15) is 0 Å². The van der Waals surface area contributed by atoms with Gasteiger partial charge in [-0.25, -0.2) is 0 Å². The van der Waals surface area contributed by atoms with Crippen molar-refractivity contribution >= 4 is 24.2 Å². The van der Waals surface area contributed by atoms with Crippen molar-refractivity contribution in [2.75, 3.05) is 39.6 Å². The van der Waals surface area contributed by atoms with E-state index in [1.54, 1.807) is 0 Å². The Labute approximate surface area is 244 Å². The molecule has 4 aliphatic heterocycles. The van der Waals surface area contributed by atoms with Crippen LogP contribution in [0.2, 0.25) is 36.6 Å². The van der Waals surface area contributed by atoms with Crippen molar-refractivity contribution in [2.24, 2.45) is 0 Å². The van der Waals surface area contributed by atoms with E-state index >= 15 is 0 Å². The third kappa shape index (κ3) is 17.2. The number of rotatable bonds is 0. The standard InChI is InChI=1S/C12H15Si3.3C4H8O.3Li/c1-7-13(4)10-14(5,8-2)12-15(6,9-3)11-13;3*1-2-4-5-3-1;;;/h10-12H2,4-6H3;3*1-4H2;;;/q-3;;;;3*+1. The summed E-state index contributed by atoms with van der Waals surface area (Å²) < 4.78 is 14.8.